The Morgan fingerprint density at radius 1 is 1.38 bits per heavy atom. The predicted molar refractivity (Wildman–Crippen MR) is 71.9 cm³/mol. The first kappa shape index (κ1) is 14.5. The lowest BCUT2D eigenvalue weighted by Crippen LogP contribution is -2.33. The van der Waals surface area contributed by atoms with Crippen LogP contribution in [0, 0.1) is 0 Å². The number of hydrogen-bond acceptors (Lipinski definition) is 3. The molecule has 0 aromatic heterocycles. The lowest BCUT2D eigenvalue weighted by Gasteiger charge is -2.32. The summed E-state index contributed by atoms with van der Waals surface area (Å²) in [5.41, 5.74) is 0. The minimum absolute atomic E-state index is 0.266. The van der Waals surface area contributed by atoms with Gasteiger partial charge in [0.25, 0.3) is 0 Å². The van der Waals surface area contributed by atoms with Crippen molar-refractivity contribution in [3.8, 4) is 0 Å². The Kier molecular flexibility index (Phi) is 6.32. The van der Waals surface area contributed by atoms with Gasteiger partial charge in [0, 0.05) is 17.4 Å². The van der Waals surface area contributed by atoms with Gasteiger partial charge in [0.15, 0.2) is 0 Å². The zero-order valence-corrected chi connectivity index (χ0v) is 11.8. The van der Waals surface area contributed by atoms with E-state index in [9.17, 15) is 8.76 Å². The van der Waals surface area contributed by atoms with Crippen LogP contribution in [0.4, 0.5) is 0 Å². The van der Waals surface area contributed by atoms with Crippen molar-refractivity contribution in [3.05, 3.63) is 0 Å². The first-order valence-corrected chi connectivity index (χ1v) is 9.98. The van der Waals surface area contributed by atoms with E-state index in [2.05, 4.69) is 0 Å². The van der Waals surface area contributed by atoms with Crippen LogP contribution in [0.1, 0.15) is 38.5 Å². The zero-order chi connectivity index (χ0) is 12.0. The Bertz CT molecular complexity index is 239. The standard InChI is InChI=1S/C11H24O3S2/c1-16(14,9-5-8-15(13)10-12)11-6-3-2-4-7-11/h11-12,16H,2-10H2,1H3. The Balaban J connectivity index is 2.30. The molecule has 0 aromatic rings. The van der Waals surface area contributed by atoms with Crippen LogP contribution in [-0.2, 0) is 21.1 Å². The second-order valence-electron chi connectivity index (χ2n) is 4.82. The zero-order valence-electron chi connectivity index (χ0n) is 10.1. The summed E-state index contributed by atoms with van der Waals surface area (Å²) in [7, 11) is -2.05. The van der Waals surface area contributed by atoms with Crippen molar-refractivity contribution in [2.45, 2.75) is 43.8 Å². The highest BCUT2D eigenvalue weighted by Crippen LogP contribution is 2.27. The maximum absolute atomic E-state index is 12.5. The van der Waals surface area contributed by atoms with E-state index in [1.54, 1.807) is 0 Å². The molecule has 1 unspecified atom stereocenters. The maximum atomic E-state index is 12.5. The SMILES string of the molecule is C[SH](=O)(CCC[S+]([O-])CO)C1CCCCC1. The molecule has 0 radical (unpaired) electrons. The molecule has 1 saturated carbocycles. The van der Waals surface area contributed by atoms with E-state index in [-0.39, 0.29) is 5.94 Å². The van der Waals surface area contributed by atoms with Crippen LogP contribution in [0.15, 0.2) is 0 Å². The van der Waals surface area contributed by atoms with E-state index in [4.69, 9.17) is 5.11 Å². The van der Waals surface area contributed by atoms with Gasteiger partial charge < -0.3 is 9.66 Å². The Hall–Kier alpha value is 0.420. The molecule has 3 nitrogen and oxygen atoms in total. The molecule has 0 aromatic carbocycles. The van der Waals surface area contributed by atoms with Gasteiger partial charge in [-0.2, -0.15) is 0 Å². The maximum Gasteiger partial charge on any atom is 0.203 e. The molecule has 5 heteroatoms. The molecule has 0 aliphatic heterocycles. The average molecular weight is 268 g/mol. The first-order chi connectivity index (χ1) is 7.56. The van der Waals surface area contributed by atoms with Gasteiger partial charge in [-0.3, -0.25) is 4.21 Å². The van der Waals surface area contributed by atoms with Crippen LogP contribution >= 0.6 is 0 Å². The first-order valence-electron chi connectivity index (χ1n) is 6.08. The van der Waals surface area contributed by atoms with Crippen LogP contribution < -0.4 is 0 Å². The topological polar surface area (TPSA) is 60.4 Å². The highest BCUT2D eigenvalue weighted by atomic mass is 32.2. The van der Waals surface area contributed by atoms with Gasteiger partial charge in [-0.1, -0.05) is 19.3 Å². The number of rotatable bonds is 6. The lowest BCUT2D eigenvalue weighted by atomic mass is 10.0. The van der Waals surface area contributed by atoms with Crippen molar-refractivity contribution in [2.75, 3.05) is 23.7 Å². The fraction of sp³-hybridized carbons (Fsp3) is 1.00. The third kappa shape index (κ3) is 4.73. The molecule has 98 valence electrons. The molecule has 0 amide bonds. The fourth-order valence-corrected chi connectivity index (χ4v) is 5.83. The van der Waals surface area contributed by atoms with Crippen LogP contribution in [0.25, 0.3) is 0 Å². The van der Waals surface area contributed by atoms with Gasteiger partial charge in [-0.15, -0.1) is 9.93 Å². The molecule has 1 atom stereocenters. The molecule has 1 N–H and O–H groups in total. The largest absolute Gasteiger partial charge is 0.615 e. The number of aliphatic hydroxyl groups is 1. The quantitative estimate of drug-likeness (QED) is 0.559. The summed E-state index contributed by atoms with van der Waals surface area (Å²) < 4.78 is 23.5. The van der Waals surface area contributed by atoms with Crippen molar-refractivity contribution >= 4 is 21.1 Å². The third-order valence-corrected chi connectivity index (χ3v) is 7.76. The van der Waals surface area contributed by atoms with Crippen molar-refractivity contribution in [1.29, 1.82) is 0 Å². The Morgan fingerprint density at radius 2 is 2.00 bits per heavy atom. The summed E-state index contributed by atoms with van der Waals surface area (Å²) in [6, 6.07) is 0. The predicted octanol–water partition coefficient (Wildman–Crippen LogP) is 1.05. The van der Waals surface area contributed by atoms with Gasteiger partial charge in [0.1, 0.15) is 5.75 Å². The normalized spacial score (nSPS) is 21.9. The summed E-state index contributed by atoms with van der Waals surface area (Å²) in [6.07, 6.45) is 8.55. The van der Waals surface area contributed by atoms with Gasteiger partial charge in [-0.25, -0.2) is 0 Å². The molecule has 16 heavy (non-hydrogen) atoms. The Labute approximate surface area is 103 Å². The van der Waals surface area contributed by atoms with Crippen LogP contribution in [-0.4, -0.2) is 42.8 Å². The number of aliphatic hydroxyl groups excluding tert-OH is 1. The van der Waals surface area contributed by atoms with E-state index in [1.165, 1.54) is 19.3 Å². The molecular formula is C11H24O3S2. The third-order valence-electron chi connectivity index (χ3n) is 3.47. The summed E-state index contributed by atoms with van der Waals surface area (Å²) in [5.74, 6) is 0.919. The van der Waals surface area contributed by atoms with E-state index >= 15 is 0 Å². The summed E-state index contributed by atoms with van der Waals surface area (Å²) in [6.45, 7) is 0. The molecule has 1 aliphatic rings. The summed E-state index contributed by atoms with van der Waals surface area (Å²) >= 11 is -1.13. The molecule has 0 saturated heterocycles. The van der Waals surface area contributed by atoms with Crippen LogP contribution in [0.2, 0.25) is 0 Å². The molecule has 0 bridgehead atoms. The van der Waals surface area contributed by atoms with Crippen molar-refractivity contribution in [1.82, 2.24) is 0 Å². The summed E-state index contributed by atoms with van der Waals surface area (Å²) in [4.78, 5) is 0. The van der Waals surface area contributed by atoms with Gasteiger partial charge in [0.05, 0.1) is 0 Å². The average Bonchev–Trinajstić information content (AvgIpc) is 2.30. The lowest BCUT2D eigenvalue weighted by molar-refractivity contribution is 0.358. The smallest absolute Gasteiger partial charge is 0.203 e. The molecule has 0 heterocycles. The second-order valence-corrected chi connectivity index (χ2v) is 9.89. The molecule has 1 aliphatic carbocycles. The van der Waals surface area contributed by atoms with Gasteiger partial charge in [0.2, 0.25) is 5.94 Å². The molecular weight excluding hydrogens is 244 g/mol. The molecule has 1 rings (SSSR count). The van der Waals surface area contributed by atoms with E-state index in [1.807, 2.05) is 6.26 Å². The van der Waals surface area contributed by atoms with Crippen LogP contribution in [0.3, 0.4) is 0 Å². The van der Waals surface area contributed by atoms with E-state index in [0.717, 1.165) is 19.3 Å². The minimum Gasteiger partial charge on any atom is -0.615 e. The highest BCUT2D eigenvalue weighted by molar-refractivity contribution is 8.03. The minimum atomic E-state index is -2.05. The van der Waals surface area contributed by atoms with Crippen molar-refractivity contribution in [3.63, 3.8) is 0 Å². The summed E-state index contributed by atoms with van der Waals surface area (Å²) in [5, 5.41) is 9.05. The number of hydrogen-bond donors (Lipinski definition) is 2. The van der Waals surface area contributed by atoms with E-state index in [0.29, 0.717) is 16.8 Å². The van der Waals surface area contributed by atoms with Crippen LogP contribution in [0.5, 0.6) is 0 Å². The monoisotopic (exact) mass is 268 g/mol. The van der Waals surface area contributed by atoms with Gasteiger partial charge >= 0.3 is 0 Å². The molecule has 1 fully saturated rings. The molecule has 0 spiro atoms. The highest BCUT2D eigenvalue weighted by Gasteiger charge is 2.24. The Morgan fingerprint density at radius 3 is 2.56 bits per heavy atom. The number of thiol groups is 1. The second kappa shape index (κ2) is 6.99. The van der Waals surface area contributed by atoms with Crippen molar-refractivity contribution in [2.24, 2.45) is 0 Å². The van der Waals surface area contributed by atoms with Crippen molar-refractivity contribution < 1.29 is 13.9 Å². The fourth-order valence-electron chi connectivity index (χ4n) is 2.41. The van der Waals surface area contributed by atoms with Gasteiger partial charge in [-0.05, 0) is 30.3 Å². The van der Waals surface area contributed by atoms with E-state index < -0.39 is 21.1 Å².